The van der Waals surface area contributed by atoms with Crippen LogP contribution >= 0.6 is 0 Å². The molecule has 1 amide bonds. The molecule has 0 aliphatic carbocycles. The fourth-order valence-electron chi connectivity index (χ4n) is 2.64. The summed E-state index contributed by atoms with van der Waals surface area (Å²) in [7, 11) is 0. The Hall–Kier alpha value is -1.14. The molecule has 0 spiro atoms. The van der Waals surface area contributed by atoms with Gasteiger partial charge in [0.05, 0.1) is 0 Å². The summed E-state index contributed by atoms with van der Waals surface area (Å²) in [6, 6.07) is 0. The molecule has 0 radical (unpaired) electrons. The molecular formula is C12H23N2O4+. The lowest BCUT2D eigenvalue weighted by atomic mass is 9.87. The van der Waals surface area contributed by atoms with E-state index < -0.39 is 23.1 Å². The van der Waals surface area contributed by atoms with Crippen molar-refractivity contribution in [2.24, 2.45) is 0 Å². The third kappa shape index (κ3) is 2.10. The van der Waals surface area contributed by atoms with E-state index in [4.69, 9.17) is 0 Å². The molecular weight excluding hydrogens is 236 g/mol. The van der Waals surface area contributed by atoms with E-state index in [1.54, 1.807) is 6.92 Å². The van der Waals surface area contributed by atoms with Gasteiger partial charge in [-0.3, -0.25) is 5.32 Å². The number of amides is 1. The highest BCUT2D eigenvalue weighted by atomic mass is 16.4. The van der Waals surface area contributed by atoms with Crippen LogP contribution in [0.4, 0.5) is 4.79 Å². The summed E-state index contributed by atoms with van der Waals surface area (Å²) in [5.74, 6) is -0.974. The molecule has 1 rings (SSSR count). The lowest BCUT2D eigenvalue weighted by molar-refractivity contribution is -0.909. The predicted molar refractivity (Wildman–Crippen MR) is 66.4 cm³/mol. The molecule has 1 unspecified atom stereocenters. The molecule has 0 aromatic rings. The molecule has 0 saturated carbocycles. The van der Waals surface area contributed by atoms with Crippen molar-refractivity contribution in [3.8, 4) is 0 Å². The molecule has 0 aromatic heterocycles. The molecule has 2 atom stereocenters. The van der Waals surface area contributed by atoms with Crippen molar-refractivity contribution in [3.63, 3.8) is 0 Å². The number of hydrogen-bond acceptors (Lipinski definition) is 3. The summed E-state index contributed by atoms with van der Waals surface area (Å²) in [5.41, 5.74) is -1.69. The minimum Gasteiger partial charge on any atom is -0.480 e. The van der Waals surface area contributed by atoms with Crippen LogP contribution in [0.15, 0.2) is 0 Å². The van der Waals surface area contributed by atoms with Crippen molar-refractivity contribution in [3.05, 3.63) is 0 Å². The Kier molecular flexibility index (Phi) is 3.74. The van der Waals surface area contributed by atoms with Crippen molar-refractivity contribution in [1.29, 1.82) is 0 Å². The van der Waals surface area contributed by atoms with E-state index >= 15 is 0 Å². The Morgan fingerprint density at radius 2 is 1.89 bits per heavy atom. The average molecular weight is 259 g/mol. The van der Waals surface area contributed by atoms with Gasteiger partial charge in [-0.05, 0) is 27.2 Å². The van der Waals surface area contributed by atoms with E-state index in [0.717, 1.165) is 0 Å². The Morgan fingerprint density at radius 3 is 2.22 bits per heavy atom. The van der Waals surface area contributed by atoms with E-state index in [9.17, 15) is 19.8 Å². The van der Waals surface area contributed by atoms with Gasteiger partial charge in [0, 0.05) is 6.54 Å². The first-order valence-electron chi connectivity index (χ1n) is 6.20. The zero-order chi connectivity index (χ0) is 14.2. The van der Waals surface area contributed by atoms with Crippen LogP contribution in [0.1, 0.15) is 34.1 Å². The van der Waals surface area contributed by atoms with Crippen LogP contribution < -0.4 is 5.32 Å². The van der Waals surface area contributed by atoms with Crippen LogP contribution in [-0.2, 0) is 4.79 Å². The van der Waals surface area contributed by atoms with Crippen LogP contribution in [0.5, 0.6) is 0 Å². The van der Waals surface area contributed by atoms with Crippen molar-refractivity contribution in [2.75, 3.05) is 19.6 Å². The number of nitrogens with one attached hydrogen (secondary N) is 1. The first kappa shape index (κ1) is 14.9. The highest BCUT2D eigenvalue weighted by Gasteiger charge is 2.57. The zero-order valence-electron chi connectivity index (χ0n) is 11.5. The predicted octanol–water partition coefficient (Wildman–Crippen LogP) is 1.12. The van der Waals surface area contributed by atoms with Gasteiger partial charge >= 0.3 is 12.1 Å². The Bertz CT molecular complexity index is 364. The monoisotopic (exact) mass is 259 g/mol. The number of carboxylic acids is 1. The summed E-state index contributed by atoms with van der Waals surface area (Å²) in [6.45, 7) is 8.15. The normalized spacial score (nSPS) is 33.1. The number of hydrogen-bond donors (Lipinski definition) is 3. The summed E-state index contributed by atoms with van der Waals surface area (Å²) in [5, 5.41) is 22.0. The fourth-order valence-corrected chi connectivity index (χ4v) is 2.64. The second-order valence-electron chi connectivity index (χ2n) is 5.97. The largest absolute Gasteiger partial charge is 0.514 e. The van der Waals surface area contributed by atoms with Gasteiger partial charge in [-0.1, -0.05) is 6.92 Å². The summed E-state index contributed by atoms with van der Waals surface area (Å²) < 4.78 is -0.222. The topological polar surface area (TPSA) is 86.6 Å². The smallest absolute Gasteiger partial charge is 0.480 e. The molecule has 1 aliphatic heterocycles. The first-order valence-corrected chi connectivity index (χ1v) is 6.20. The standard InChI is InChI=1S/C12H22N2O4/c1-5-12(9(15)16)8-14(10(17)18,7-6-13-12)11(2,3)4/h13H,5-8H2,1-4H3,(H-,15,16,17,18)/p+1/t12?,14-/m1/s1. The zero-order valence-corrected chi connectivity index (χ0v) is 11.5. The SMILES string of the molecule is CCC1(C(=O)O)C[N@+](C(=O)O)(C(C)(C)C)CCN1. The molecule has 0 aromatic carbocycles. The number of carboxylic acid groups (broad SMARTS) is 2. The first-order chi connectivity index (χ1) is 8.11. The molecule has 1 fully saturated rings. The van der Waals surface area contributed by atoms with Crippen LogP contribution in [-0.4, -0.2) is 57.5 Å². The van der Waals surface area contributed by atoms with Gasteiger partial charge in [-0.25, -0.2) is 9.28 Å². The van der Waals surface area contributed by atoms with Crippen molar-refractivity contribution >= 4 is 12.1 Å². The number of aliphatic carboxylic acids is 1. The van der Waals surface area contributed by atoms with E-state index in [2.05, 4.69) is 5.32 Å². The van der Waals surface area contributed by atoms with Crippen molar-refractivity contribution in [2.45, 2.75) is 45.2 Å². The van der Waals surface area contributed by atoms with Gasteiger partial charge in [0.15, 0.2) is 5.54 Å². The van der Waals surface area contributed by atoms with Crippen molar-refractivity contribution in [1.82, 2.24) is 5.32 Å². The number of nitrogens with zero attached hydrogens (tertiary/aromatic N) is 1. The number of quaternary nitrogens is 1. The lowest BCUT2D eigenvalue weighted by Crippen LogP contribution is -2.77. The maximum atomic E-state index is 11.7. The van der Waals surface area contributed by atoms with Crippen LogP contribution in [0.3, 0.4) is 0 Å². The van der Waals surface area contributed by atoms with E-state index in [1.807, 2.05) is 20.8 Å². The van der Waals surface area contributed by atoms with Gasteiger partial charge in [0.2, 0.25) is 0 Å². The molecule has 6 nitrogen and oxygen atoms in total. The van der Waals surface area contributed by atoms with E-state index in [-0.39, 0.29) is 11.0 Å². The summed E-state index contributed by atoms with van der Waals surface area (Å²) in [4.78, 5) is 23.2. The minimum absolute atomic E-state index is 0.0671. The number of carbonyl (C=O) groups is 2. The minimum atomic E-state index is -1.15. The Labute approximate surface area is 107 Å². The number of piperazine rings is 1. The van der Waals surface area contributed by atoms with Gasteiger partial charge in [0.1, 0.15) is 18.6 Å². The maximum absolute atomic E-state index is 11.7. The molecule has 18 heavy (non-hydrogen) atoms. The quantitative estimate of drug-likeness (QED) is 0.647. The van der Waals surface area contributed by atoms with Gasteiger partial charge in [-0.15, -0.1) is 0 Å². The molecule has 3 N–H and O–H groups in total. The highest BCUT2D eigenvalue weighted by Crippen LogP contribution is 2.32. The van der Waals surface area contributed by atoms with Gasteiger partial charge in [0.25, 0.3) is 0 Å². The van der Waals surface area contributed by atoms with Crippen LogP contribution in [0.2, 0.25) is 0 Å². The molecule has 1 heterocycles. The molecule has 6 heteroatoms. The second kappa shape index (κ2) is 4.51. The Balaban J connectivity index is 3.24. The molecule has 1 aliphatic rings. The Morgan fingerprint density at radius 1 is 1.33 bits per heavy atom. The van der Waals surface area contributed by atoms with Gasteiger partial charge < -0.3 is 10.2 Å². The van der Waals surface area contributed by atoms with Crippen molar-refractivity contribution < 1.29 is 24.3 Å². The van der Waals surface area contributed by atoms with E-state index in [1.165, 1.54) is 0 Å². The lowest BCUT2D eigenvalue weighted by Gasteiger charge is -2.51. The average Bonchev–Trinajstić information content (AvgIpc) is 2.26. The molecule has 104 valence electrons. The van der Waals surface area contributed by atoms with E-state index in [0.29, 0.717) is 19.5 Å². The van der Waals surface area contributed by atoms with Crippen LogP contribution in [0.25, 0.3) is 0 Å². The van der Waals surface area contributed by atoms with Gasteiger partial charge in [-0.2, -0.15) is 4.79 Å². The van der Waals surface area contributed by atoms with Crippen LogP contribution in [0, 0.1) is 0 Å². The maximum Gasteiger partial charge on any atom is 0.514 e. The molecule has 1 saturated heterocycles. The fraction of sp³-hybridized carbons (Fsp3) is 0.833. The number of rotatable bonds is 2. The summed E-state index contributed by atoms with van der Waals surface area (Å²) in [6.07, 6.45) is -0.589. The highest BCUT2D eigenvalue weighted by molar-refractivity contribution is 5.79. The summed E-state index contributed by atoms with van der Waals surface area (Å²) >= 11 is 0. The third-order valence-electron chi connectivity index (χ3n) is 4.16. The molecule has 0 bridgehead atoms. The second-order valence-corrected chi connectivity index (χ2v) is 5.97. The third-order valence-corrected chi connectivity index (χ3v) is 4.16.